The summed E-state index contributed by atoms with van der Waals surface area (Å²) in [5, 5.41) is 2.37. The second-order valence-electron chi connectivity index (χ2n) is 5.79. The molecule has 0 saturated carbocycles. The molecular weight excluding hydrogens is 329 g/mol. The fraction of sp³-hybridized carbons (Fsp3) is 0.588. The molecule has 1 atom stereocenters. The first-order valence-electron chi connectivity index (χ1n) is 8.42. The van der Waals surface area contributed by atoms with Gasteiger partial charge in [-0.1, -0.05) is 69.4 Å². The predicted molar refractivity (Wildman–Crippen MR) is 93.6 cm³/mol. The molecule has 0 aliphatic rings. The third-order valence-electron chi connectivity index (χ3n) is 3.62. The summed E-state index contributed by atoms with van der Waals surface area (Å²) in [4.78, 5) is 30.8. The van der Waals surface area contributed by atoms with E-state index >= 15 is 0 Å². The molecule has 1 amide bonds. The van der Waals surface area contributed by atoms with Crippen LogP contribution in [0.4, 0.5) is 0 Å². The summed E-state index contributed by atoms with van der Waals surface area (Å²) < 4.78 is 16.9. The van der Waals surface area contributed by atoms with Crippen molar-refractivity contribution in [3.8, 4) is 0 Å². The van der Waals surface area contributed by atoms with Gasteiger partial charge >= 0.3 is 7.60 Å². The molecule has 3 N–H and O–H groups in total. The lowest BCUT2D eigenvalue weighted by Crippen LogP contribution is -2.31. The molecule has 0 fully saturated rings. The van der Waals surface area contributed by atoms with Crippen LogP contribution in [-0.2, 0) is 14.1 Å². The van der Waals surface area contributed by atoms with Crippen LogP contribution in [0.3, 0.4) is 0 Å². The second kappa shape index (κ2) is 11.4. The zero-order chi connectivity index (χ0) is 17.8. The van der Waals surface area contributed by atoms with Gasteiger partial charge in [0.2, 0.25) is 5.91 Å². The highest BCUT2D eigenvalue weighted by molar-refractivity contribution is 7.52. The summed E-state index contributed by atoms with van der Waals surface area (Å²) in [6.45, 7) is 2.45. The van der Waals surface area contributed by atoms with Gasteiger partial charge in [-0.05, 0) is 12.0 Å². The highest BCUT2D eigenvalue weighted by Crippen LogP contribution is 2.49. The molecule has 0 aromatic heterocycles. The first kappa shape index (κ1) is 20.8. The van der Waals surface area contributed by atoms with E-state index in [2.05, 4.69) is 12.2 Å². The minimum absolute atomic E-state index is 0.196. The van der Waals surface area contributed by atoms with E-state index in [0.717, 1.165) is 19.3 Å². The van der Waals surface area contributed by atoms with E-state index < -0.39 is 19.3 Å². The van der Waals surface area contributed by atoms with Crippen LogP contribution in [0.15, 0.2) is 30.3 Å². The Morgan fingerprint density at radius 3 is 2.38 bits per heavy atom. The van der Waals surface area contributed by atoms with E-state index in [1.165, 1.54) is 19.3 Å². The van der Waals surface area contributed by atoms with E-state index in [4.69, 9.17) is 4.74 Å². The number of rotatable bonds is 12. The average molecular weight is 357 g/mol. The first-order valence-corrected chi connectivity index (χ1v) is 10.1. The van der Waals surface area contributed by atoms with Crippen molar-refractivity contribution < 1.29 is 23.9 Å². The molecule has 7 heteroatoms. The summed E-state index contributed by atoms with van der Waals surface area (Å²) in [7, 11) is -4.50. The SMILES string of the molecule is CCCCCCCCOCC(=O)NC(c1ccccc1)P(=O)(O)O. The van der Waals surface area contributed by atoms with Gasteiger partial charge in [-0.3, -0.25) is 9.36 Å². The Morgan fingerprint density at radius 2 is 1.75 bits per heavy atom. The molecule has 1 rings (SSSR count). The maximum absolute atomic E-state index is 11.9. The lowest BCUT2D eigenvalue weighted by Gasteiger charge is -2.20. The van der Waals surface area contributed by atoms with Gasteiger partial charge < -0.3 is 19.8 Å². The molecule has 0 radical (unpaired) electrons. The molecule has 0 heterocycles. The number of hydrogen-bond acceptors (Lipinski definition) is 3. The second-order valence-corrected chi connectivity index (χ2v) is 7.48. The Kier molecular flexibility index (Phi) is 9.88. The normalized spacial score (nSPS) is 12.8. The molecule has 0 aliphatic heterocycles. The van der Waals surface area contributed by atoms with Crippen molar-refractivity contribution in [3.63, 3.8) is 0 Å². The monoisotopic (exact) mass is 357 g/mol. The highest BCUT2D eigenvalue weighted by atomic mass is 31.2. The van der Waals surface area contributed by atoms with Gasteiger partial charge in [-0.25, -0.2) is 0 Å². The third kappa shape index (κ3) is 8.60. The van der Waals surface area contributed by atoms with Crippen molar-refractivity contribution in [1.29, 1.82) is 0 Å². The minimum atomic E-state index is -4.50. The smallest absolute Gasteiger partial charge is 0.352 e. The molecule has 1 unspecified atom stereocenters. The van der Waals surface area contributed by atoms with Gasteiger partial charge in [-0.15, -0.1) is 0 Å². The van der Waals surface area contributed by atoms with E-state index in [0.29, 0.717) is 12.2 Å². The molecule has 1 aromatic carbocycles. The molecule has 0 bridgehead atoms. The number of carbonyl (C=O) groups is 1. The van der Waals surface area contributed by atoms with Crippen molar-refractivity contribution in [3.05, 3.63) is 35.9 Å². The summed E-state index contributed by atoms with van der Waals surface area (Å²) in [6, 6.07) is 8.21. The number of ether oxygens (including phenoxy) is 1. The fourth-order valence-corrected chi connectivity index (χ4v) is 3.21. The van der Waals surface area contributed by atoms with Crippen LogP contribution < -0.4 is 5.32 Å². The fourth-order valence-electron chi connectivity index (χ4n) is 2.34. The van der Waals surface area contributed by atoms with Gasteiger partial charge in [0.25, 0.3) is 0 Å². The van der Waals surface area contributed by atoms with E-state index in [1.54, 1.807) is 30.3 Å². The van der Waals surface area contributed by atoms with E-state index in [1.807, 2.05) is 0 Å². The van der Waals surface area contributed by atoms with Crippen LogP contribution in [0.2, 0.25) is 0 Å². The van der Waals surface area contributed by atoms with Crippen molar-refractivity contribution in [1.82, 2.24) is 5.32 Å². The van der Waals surface area contributed by atoms with Crippen molar-refractivity contribution in [2.24, 2.45) is 0 Å². The zero-order valence-corrected chi connectivity index (χ0v) is 15.1. The van der Waals surface area contributed by atoms with Crippen molar-refractivity contribution in [2.75, 3.05) is 13.2 Å². The maximum atomic E-state index is 11.9. The molecule has 0 saturated heterocycles. The maximum Gasteiger partial charge on any atom is 0.352 e. The van der Waals surface area contributed by atoms with Crippen LogP contribution in [0.5, 0.6) is 0 Å². The van der Waals surface area contributed by atoms with Crippen LogP contribution in [0.1, 0.15) is 56.8 Å². The van der Waals surface area contributed by atoms with Crippen LogP contribution in [0.25, 0.3) is 0 Å². The van der Waals surface area contributed by atoms with E-state index in [9.17, 15) is 19.1 Å². The molecule has 1 aromatic rings. The van der Waals surface area contributed by atoms with Gasteiger partial charge in [0, 0.05) is 6.61 Å². The number of hydrogen-bond donors (Lipinski definition) is 3. The Morgan fingerprint density at radius 1 is 1.12 bits per heavy atom. The molecule has 0 spiro atoms. The highest BCUT2D eigenvalue weighted by Gasteiger charge is 2.31. The Hall–Kier alpha value is -1.20. The molecule has 136 valence electrons. The Labute approximate surface area is 143 Å². The molecule has 24 heavy (non-hydrogen) atoms. The van der Waals surface area contributed by atoms with Crippen LogP contribution in [0, 0.1) is 0 Å². The lowest BCUT2D eigenvalue weighted by atomic mass is 10.1. The minimum Gasteiger partial charge on any atom is -0.372 e. The van der Waals surface area contributed by atoms with Gasteiger partial charge in [0.15, 0.2) is 5.78 Å². The third-order valence-corrected chi connectivity index (χ3v) is 4.72. The van der Waals surface area contributed by atoms with Gasteiger partial charge in [0.1, 0.15) is 6.61 Å². The first-order chi connectivity index (χ1) is 11.4. The molecule has 0 aliphatic carbocycles. The van der Waals surface area contributed by atoms with E-state index in [-0.39, 0.29) is 6.61 Å². The zero-order valence-electron chi connectivity index (χ0n) is 14.2. The summed E-state index contributed by atoms with van der Waals surface area (Å²) in [6.07, 6.45) is 6.79. The quantitative estimate of drug-likeness (QED) is 0.394. The summed E-state index contributed by atoms with van der Waals surface area (Å²) >= 11 is 0. The lowest BCUT2D eigenvalue weighted by molar-refractivity contribution is -0.126. The van der Waals surface area contributed by atoms with Crippen molar-refractivity contribution in [2.45, 2.75) is 51.2 Å². The van der Waals surface area contributed by atoms with Gasteiger partial charge in [0.05, 0.1) is 0 Å². The number of nitrogens with one attached hydrogen (secondary N) is 1. The Bertz CT molecular complexity index is 517. The molecule has 6 nitrogen and oxygen atoms in total. The Balaban J connectivity index is 2.32. The topological polar surface area (TPSA) is 95.9 Å². The molecular formula is C17H28NO5P. The van der Waals surface area contributed by atoms with Gasteiger partial charge in [-0.2, -0.15) is 0 Å². The number of benzene rings is 1. The van der Waals surface area contributed by atoms with Crippen molar-refractivity contribution >= 4 is 13.5 Å². The summed E-state index contributed by atoms with van der Waals surface area (Å²) in [5.74, 6) is -1.87. The predicted octanol–water partition coefficient (Wildman–Crippen LogP) is 3.36. The standard InChI is InChI=1S/C17H28NO5P/c1-2-3-4-5-6-10-13-23-14-16(19)18-17(24(20,21)22)15-11-8-7-9-12-15/h7-9,11-12,17H,2-6,10,13-14H2,1H3,(H,18,19)(H2,20,21,22). The largest absolute Gasteiger partial charge is 0.372 e. The van der Waals surface area contributed by atoms with Crippen LogP contribution >= 0.6 is 7.60 Å². The summed E-state index contributed by atoms with van der Waals surface area (Å²) in [5.41, 5.74) is 0.370. The average Bonchev–Trinajstić information content (AvgIpc) is 2.55. The number of carbonyl (C=O) groups excluding carboxylic acids is 1. The number of unbranched alkanes of at least 4 members (excludes halogenated alkanes) is 5. The van der Waals surface area contributed by atoms with Crippen LogP contribution in [-0.4, -0.2) is 28.9 Å². The number of amides is 1.